The van der Waals surface area contributed by atoms with Crippen LogP contribution in [0.5, 0.6) is 5.75 Å². The first-order valence-corrected chi connectivity index (χ1v) is 11.8. The van der Waals surface area contributed by atoms with Crippen molar-refractivity contribution in [2.45, 2.75) is 58.2 Å². The van der Waals surface area contributed by atoms with Crippen molar-refractivity contribution in [1.82, 2.24) is 30.5 Å². The van der Waals surface area contributed by atoms with E-state index in [1.807, 2.05) is 6.07 Å². The predicted octanol–water partition coefficient (Wildman–Crippen LogP) is 3.50. The number of unbranched alkanes of at least 4 members (excludes halogenated alkanes) is 1. The topological polar surface area (TPSA) is 124 Å². The number of nitrogens with zero attached hydrogens (tertiary/aromatic N) is 5. The molecular weight excluding hydrogens is 491 g/mol. The van der Waals surface area contributed by atoms with Crippen LogP contribution < -0.4 is 15.4 Å². The molecule has 0 aliphatic heterocycles. The highest BCUT2D eigenvalue weighted by molar-refractivity contribution is 5.93. The zero-order valence-electron chi connectivity index (χ0n) is 20.1. The van der Waals surface area contributed by atoms with Crippen molar-refractivity contribution in [2.75, 3.05) is 5.32 Å². The second-order valence-electron chi connectivity index (χ2n) is 8.84. The van der Waals surface area contributed by atoms with E-state index >= 15 is 0 Å². The Labute approximate surface area is 210 Å². The first-order valence-electron chi connectivity index (χ1n) is 11.8. The molecule has 37 heavy (non-hydrogen) atoms. The summed E-state index contributed by atoms with van der Waals surface area (Å²) in [6.45, 7) is 0.849. The molecule has 0 saturated heterocycles. The maximum Gasteiger partial charge on any atom is 0.394 e. The molecule has 1 aromatic carbocycles. The van der Waals surface area contributed by atoms with E-state index in [4.69, 9.17) is 0 Å². The van der Waals surface area contributed by atoms with E-state index in [0.717, 1.165) is 49.6 Å². The standard InChI is InChI=1S/C24H26F3N7O3/c1-24(26,27)37-18-8-9-19(25)16(12-18)13-28-23(36)20-14-34(33-31-20)11-3-2-4-17-7-10-21(32-30-17)29-22(35)15-5-6-15/h7-10,12,14-15H,2-6,11,13H2,1H3,(H,28,36)(H,29,32,35). The minimum Gasteiger partial charge on any atom is -0.433 e. The van der Waals surface area contributed by atoms with E-state index in [-0.39, 0.29) is 35.4 Å². The van der Waals surface area contributed by atoms with E-state index in [2.05, 4.69) is 35.9 Å². The molecule has 4 rings (SSSR count). The smallest absolute Gasteiger partial charge is 0.394 e. The maximum atomic E-state index is 14.0. The number of aromatic nitrogens is 5. The fraction of sp³-hybridized carbons (Fsp3) is 0.417. The molecule has 1 aliphatic rings. The third-order valence-corrected chi connectivity index (χ3v) is 5.51. The fourth-order valence-corrected chi connectivity index (χ4v) is 3.45. The van der Waals surface area contributed by atoms with E-state index in [1.165, 1.54) is 10.9 Å². The van der Waals surface area contributed by atoms with Crippen LogP contribution in [0.1, 0.15) is 54.4 Å². The first-order chi connectivity index (χ1) is 17.7. The summed E-state index contributed by atoms with van der Waals surface area (Å²) in [4.78, 5) is 24.1. The Hall–Kier alpha value is -4.03. The number of ether oxygens (including phenoxy) is 1. The van der Waals surface area contributed by atoms with Gasteiger partial charge in [-0.2, -0.15) is 13.9 Å². The molecule has 3 aromatic rings. The zero-order chi connectivity index (χ0) is 26.4. The van der Waals surface area contributed by atoms with E-state index in [0.29, 0.717) is 25.7 Å². The molecule has 1 fully saturated rings. The van der Waals surface area contributed by atoms with Crippen LogP contribution in [-0.2, 0) is 24.3 Å². The molecule has 0 atom stereocenters. The fourth-order valence-electron chi connectivity index (χ4n) is 3.45. The van der Waals surface area contributed by atoms with E-state index < -0.39 is 17.8 Å². The van der Waals surface area contributed by atoms with Gasteiger partial charge in [0.2, 0.25) is 5.91 Å². The van der Waals surface area contributed by atoms with Crippen molar-refractivity contribution in [2.24, 2.45) is 5.92 Å². The number of anilines is 1. The van der Waals surface area contributed by atoms with Crippen molar-refractivity contribution in [1.29, 1.82) is 0 Å². The number of rotatable bonds is 12. The van der Waals surface area contributed by atoms with Crippen LogP contribution in [0.25, 0.3) is 0 Å². The lowest BCUT2D eigenvalue weighted by atomic mass is 10.2. The Morgan fingerprint density at radius 1 is 1.14 bits per heavy atom. The number of amides is 2. The number of benzene rings is 1. The van der Waals surface area contributed by atoms with Gasteiger partial charge in [-0.1, -0.05) is 5.21 Å². The molecular formula is C24H26F3N7O3. The van der Waals surface area contributed by atoms with Crippen LogP contribution in [0, 0.1) is 11.7 Å². The van der Waals surface area contributed by atoms with Gasteiger partial charge in [-0.05, 0) is 62.4 Å². The highest BCUT2D eigenvalue weighted by Crippen LogP contribution is 2.29. The van der Waals surface area contributed by atoms with Crippen molar-refractivity contribution < 1.29 is 27.5 Å². The minimum absolute atomic E-state index is 0.0103. The van der Waals surface area contributed by atoms with Crippen molar-refractivity contribution >= 4 is 17.6 Å². The van der Waals surface area contributed by atoms with Gasteiger partial charge in [-0.15, -0.1) is 10.2 Å². The quantitative estimate of drug-likeness (QED) is 0.353. The van der Waals surface area contributed by atoms with Gasteiger partial charge in [0.1, 0.15) is 11.6 Å². The van der Waals surface area contributed by atoms with Crippen LogP contribution >= 0.6 is 0 Å². The molecule has 2 heterocycles. The van der Waals surface area contributed by atoms with Gasteiger partial charge in [0.25, 0.3) is 5.91 Å². The monoisotopic (exact) mass is 517 g/mol. The van der Waals surface area contributed by atoms with Crippen molar-refractivity contribution in [3.63, 3.8) is 0 Å². The van der Waals surface area contributed by atoms with E-state index in [1.54, 1.807) is 6.07 Å². The average Bonchev–Trinajstić information content (AvgIpc) is 3.60. The van der Waals surface area contributed by atoms with Crippen LogP contribution in [0.2, 0.25) is 0 Å². The lowest BCUT2D eigenvalue weighted by Gasteiger charge is -2.14. The molecule has 0 radical (unpaired) electrons. The molecule has 2 aromatic heterocycles. The van der Waals surface area contributed by atoms with Gasteiger partial charge in [0.05, 0.1) is 11.9 Å². The molecule has 10 nitrogen and oxygen atoms in total. The summed E-state index contributed by atoms with van der Waals surface area (Å²) in [5, 5.41) is 21.2. The molecule has 1 saturated carbocycles. The molecule has 0 bridgehead atoms. The first kappa shape index (κ1) is 26.0. The predicted molar refractivity (Wildman–Crippen MR) is 125 cm³/mol. The molecule has 0 unspecified atom stereocenters. The number of carbonyl (C=O) groups is 2. The van der Waals surface area contributed by atoms with Gasteiger partial charge in [-0.25, -0.2) is 4.39 Å². The third kappa shape index (κ3) is 7.98. The Balaban J connectivity index is 1.19. The van der Waals surface area contributed by atoms with Gasteiger partial charge < -0.3 is 15.4 Å². The van der Waals surface area contributed by atoms with Gasteiger partial charge in [-0.3, -0.25) is 14.3 Å². The molecule has 2 N–H and O–H groups in total. The SMILES string of the molecule is CC(F)(F)Oc1ccc(F)c(CNC(=O)c2cn(CCCCc3ccc(NC(=O)C4CC4)nn3)nn2)c1. The van der Waals surface area contributed by atoms with Crippen LogP contribution in [0.3, 0.4) is 0 Å². The minimum atomic E-state index is -3.41. The van der Waals surface area contributed by atoms with Crippen molar-refractivity contribution in [3.8, 4) is 5.75 Å². The number of hydrogen-bond donors (Lipinski definition) is 2. The Bertz CT molecular complexity index is 1240. The molecule has 0 spiro atoms. The molecule has 2 amide bonds. The summed E-state index contributed by atoms with van der Waals surface area (Å²) in [7, 11) is 0. The summed E-state index contributed by atoms with van der Waals surface area (Å²) in [6.07, 6.45) is 2.12. The summed E-state index contributed by atoms with van der Waals surface area (Å²) in [6, 6.07) is 6.74. The summed E-state index contributed by atoms with van der Waals surface area (Å²) < 4.78 is 46.0. The van der Waals surface area contributed by atoms with E-state index in [9.17, 15) is 22.8 Å². The molecule has 196 valence electrons. The molecule has 13 heteroatoms. The lowest BCUT2D eigenvalue weighted by molar-refractivity contribution is -0.159. The zero-order valence-corrected chi connectivity index (χ0v) is 20.1. The third-order valence-electron chi connectivity index (χ3n) is 5.51. The Morgan fingerprint density at radius 3 is 2.65 bits per heavy atom. The largest absolute Gasteiger partial charge is 0.433 e. The Morgan fingerprint density at radius 2 is 1.95 bits per heavy atom. The highest BCUT2D eigenvalue weighted by atomic mass is 19.3. The average molecular weight is 518 g/mol. The van der Waals surface area contributed by atoms with Crippen LogP contribution in [0.4, 0.5) is 19.0 Å². The van der Waals surface area contributed by atoms with Gasteiger partial charge in [0, 0.05) is 31.5 Å². The number of aryl methyl sites for hydroxylation is 2. The maximum absolute atomic E-state index is 14.0. The van der Waals surface area contributed by atoms with Crippen LogP contribution in [0.15, 0.2) is 36.5 Å². The van der Waals surface area contributed by atoms with Gasteiger partial charge in [0.15, 0.2) is 11.5 Å². The summed E-state index contributed by atoms with van der Waals surface area (Å²) in [5.41, 5.74) is 0.832. The van der Waals surface area contributed by atoms with Gasteiger partial charge >= 0.3 is 6.11 Å². The molecule has 1 aliphatic carbocycles. The van der Waals surface area contributed by atoms with Crippen LogP contribution in [-0.4, -0.2) is 43.1 Å². The number of halogens is 3. The number of alkyl halides is 2. The normalized spacial score (nSPS) is 13.3. The summed E-state index contributed by atoms with van der Waals surface area (Å²) >= 11 is 0. The highest BCUT2D eigenvalue weighted by Gasteiger charge is 2.29. The second-order valence-corrected chi connectivity index (χ2v) is 8.84. The second kappa shape index (κ2) is 11.4. The summed E-state index contributed by atoms with van der Waals surface area (Å²) in [5.74, 6) is -0.936. The number of nitrogens with one attached hydrogen (secondary N) is 2. The lowest BCUT2D eigenvalue weighted by Crippen LogP contribution is -2.24. The van der Waals surface area contributed by atoms with Crippen molar-refractivity contribution in [3.05, 3.63) is 59.3 Å². The number of carbonyl (C=O) groups excluding carboxylic acids is 2. The number of hydrogen-bond acceptors (Lipinski definition) is 7. The Kier molecular flexibility index (Phi) is 7.99.